The molecule has 1 atom stereocenters. The Morgan fingerprint density at radius 1 is 1.10 bits per heavy atom. The van der Waals surface area contributed by atoms with E-state index in [1.165, 1.54) is 42.5 Å². The van der Waals surface area contributed by atoms with Crippen LogP contribution < -0.4 is 5.32 Å². The van der Waals surface area contributed by atoms with Crippen molar-refractivity contribution in [3.63, 3.8) is 0 Å². The van der Waals surface area contributed by atoms with Crippen molar-refractivity contribution in [1.82, 2.24) is 10.2 Å². The van der Waals surface area contributed by atoms with Crippen LogP contribution in [0.3, 0.4) is 0 Å². The van der Waals surface area contributed by atoms with Gasteiger partial charge in [-0.3, -0.25) is 4.90 Å². The zero-order valence-electron chi connectivity index (χ0n) is 14.5. The van der Waals surface area contributed by atoms with Crippen LogP contribution in [0.25, 0.3) is 0 Å². The summed E-state index contributed by atoms with van der Waals surface area (Å²) in [6.07, 6.45) is 4.05. The SMILES string of the molecule is Cc1cc(C)cc(CN2CCCCC2CNC(C)(C)C)c1. The average molecular weight is 288 g/mol. The van der Waals surface area contributed by atoms with Crippen LogP contribution >= 0.6 is 0 Å². The van der Waals surface area contributed by atoms with Crippen LogP contribution in [0.15, 0.2) is 18.2 Å². The van der Waals surface area contributed by atoms with Crippen molar-refractivity contribution in [2.75, 3.05) is 13.1 Å². The van der Waals surface area contributed by atoms with Gasteiger partial charge < -0.3 is 5.32 Å². The van der Waals surface area contributed by atoms with Crippen LogP contribution in [-0.4, -0.2) is 29.6 Å². The molecule has 1 aromatic carbocycles. The molecule has 0 radical (unpaired) electrons. The van der Waals surface area contributed by atoms with Crippen LogP contribution in [0.5, 0.6) is 0 Å². The summed E-state index contributed by atoms with van der Waals surface area (Å²) in [5.74, 6) is 0. The summed E-state index contributed by atoms with van der Waals surface area (Å²) < 4.78 is 0. The highest BCUT2D eigenvalue weighted by Crippen LogP contribution is 2.21. The van der Waals surface area contributed by atoms with E-state index in [1.54, 1.807) is 0 Å². The number of nitrogens with zero attached hydrogens (tertiary/aromatic N) is 1. The van der Waals surface area contributed by atoms with Crippen molar-refractivity contribution >= 4 is 0 Å². The molecule has 1 aliphatic rings. The molecule has 118 valence electrons. The first kappa shape index (κ1) is 16.5. The first-order valence-corrected chi connectivity index (χ1v) is 8.40. The maximum Gasteiger partial charge on any atom is 0.0237 e. The third-order valence-electron chi connectivity index (χ3n) is 4.28. The van der Waals surface area contributed by atoms with Crippen molar-refractivity contribution in [1.29, 1.82) is 0 Å². The van der Waals surface area contributed by atoms with Gasteiger partial charge in [0.2, 0.25) is 0 Å². The molecule has 2 heteroatoms. The van der Waals surface area contributed by atoms with E-state index in [-0.39, 0.29) is 5.54 Å². The molecule has 21 heavy (non-hydrogen) atoms. The van der Waals surface area contributed by atoms with Crippen molar-refractivity contribution in [2.45, 2.75) is 72.0 Å². The summed E-state index contributed by atoms with van der Waals surface area (Å²) in [6, 6.07) is 7.63. The molecule has 1 aromatic rings. The minimum atomic E-state index is 0.211. The third-order valence-corrected chi connectivity index (χ3v) is 4.28. The number of benzene rings is 1. The van der Waals surface area contributed by atoms with E-state index in [0.717, 1.165) is 13.1 Å². The molecule has 1 N–H and O–H groups in total. The number of rotatable bonds is 4. The van der Waals surface area contributed by atoms with Gasteiger partial charge in [-0.15, -0.1) is 0 Å². The minimum Gasteiger partial charge on any atom is -0.311 e. The Kier molecular flexibility index (Phi) is 5.45. The van der Waals surface area contributed by atoms with Gasteiger partial charge in [0.1, 0.15) is 0 Å². The van der Waals surface area contributed by atoms with Crippen molar-refractivity contribution in [3.8, 4) is 0 Å². The topological polar surface area (TPSA) is 15.3 Å². The van der Waals surface area contributed by atoms with E-state index < -0.39 is 0 Å². The Bertz CT molecular complexity index is 439. The molecular weight excluding hydrogens is 256 g/mol. The molecule has 2 rings (SSSR count). The summed E-state index contributed by atoms with van der Waals surface area (Å²) in [7, 11) is 0. The normalized spacial score (nSPS) is 20.7. The van der Waals surface area contributed by atoms with Crippen molar-refractivity contribution in [2.24, 2.45) is 0 Å². The van der Waals surface area contributed by atoms with Gasteiger partial charge >= 0.3 is 0 Å². The van der Waals surface area contributed by atoms with Crippen LogP contribution in [-0.2, 0) is 6.54 Å². The second-order valence-electron chi connectivity index (χ2n) is 7.75. The van der Waals surface area contributed by atoms with Gasteiger partial charge in [0.15, 0.2) is 0 Å². The van der Waals surface area contributed by atoms with Gasteiger partial charge in [0.05, 0.1) is 0 Å². The van der Waals surface area contributed by atoms with E-state index in [1.807, 2.05) is 0 Å². The van der Waals surface area contributed by atoms with E-state index in [9.17, 15) is 0 Å². The summed E-state index contributed by atoms with van der Waals surface area (Å²) in [4.78, 5) is 2.68. The lowest BCUT2D eigenvalue weighted by Gasteiger charge is -2.37. The second-order valence-corrected chi connectivity index (χ2v) is 7.75. The smallest absolute Gasteiger partial charge is 0.0237 e. The standard InChI is InChI=1S/C19H32N2/c1-15-10-16(2)12-17(11-15)14-21-9-7-6-8-18(21)13-20-19(3,4)5/h10-12,18,20H,6-9,13-14H2,1-5H3. The molecule has 1 unspecified atom stereocenters. The molecule has 0 saturated carbocycles. The highest BCUT2D eigenvalue weighted by atomic mass is 15.2. The molecule has 1 aliphatic heterocycles. The van der Waals surface area contributed by atoms with Gasteiger partial charge in [-0.25, -0.2) is 0 Å². The highest BCUT2D eigenvalue weighted by molar-refractivity contribution is 5.28. The molecule has 2 nitrogen and oxygen atoms in total. The largest absolute Gasteiger partial charge is 0.311 e. The lowest BCUT2D eigenvalue weighted by molar-refractivity contribution is 0.131. The fourth-order valence-corrected chi connectivity index (χ4v) is 3.32. The molecule has 1 heterocycles. The van der Waals surface area contributed by atoms with Crippen molar-refractivity contribution < 1.29 is 0 Å². The molecule has 1 saturated heterocycles. The summed E-state index contributed by atoms with van der Waals surface area (Å²) in [5.41, 5.74) is 4.44. The quantitative estimate of drug-likeness (QED) is 0.899. The Labute approximate surface area is 130 Å². The Hall–Kier alpha value is -0.860. The molecule has 0 bridgehead atoms. The second kappa shape index (κ2) is 6.93. The van der Waals surface area contributed by atoms with Crippen molar-refractivity contribution in [3.05, 3.63) is 34.9 Å². The molecule has 0 amide bonds. The molecule has 0 aromatic heterocycles. The number of hydrogen-bond acceptors (Lipinski definition) is 2. The van der Waals surface area contributed by atoms with Gasteiger partial charge in [-0.05, 0) is 59.6 Å². The van der Waals surface area contributed by atoms with Gasteiger partial charge in [-0.1, -0.05) is 35.7 Å². The number of nitrogens with one attached hydrogen (secondary N) is 1. The van der Waals surface area contributed by atoms with Gasteiger partial charge in [-0.2, -0.15) is 0 Å². The lowest BCUT2D eigenvalue weighted by Crippen LogP contribution is -2.49. The minimum absolute atomic E-state index is 0.211. The summed E-state index contributed by atoms with van der Waals surface area (Å²) in [6.45, 7) is 14.6. The van der Waals surface area contributed by atoms with Gasteiger partial charge in [0, 0.05) is 24.7 Å². The Morgan fingerprint density at radius 2 is 1.76 bits per heavy atom. The van der Waals surface area contributed by atoms with Crippen LogP contribution in [0.1, 0.15) is 56.7 Å². The molecule has 0 aliphatic carbocycles. The monoisotopic (exact) mass is 288 g/mol. The Balaban J connectivity index is 2.01. The summed E-state index contributed by atoms with van der Waals surface area (Å²) >= 11 is 0. The van der Waals surface area contributed by atoms with Crippen LogP contribution in [0.4, 0.5) is 0 Å². The molecule has 1 fully saturated rings. The zero-order chi connectivity index (χ0) is 15.5. The average Bonchev–Trinajstić information content (AvgIpc) is 2.35. The van der Waals surface area contributed by atoms with E-state index >= 15 is 0 Å². The molecule has 0 spiro atoms. The Morgan fingerprint density at radius 3 is 2.38 bits per heavy atom. The summed E-state index contributed by atoms with van der Waals surface area (Å²) in [5, 5.41) is 3.69. The van der Waals surface area contributed by atoms with Crippen LogP contribution in [0, 0.1) is 13.8 Å². The van der Waals surface area contributed by atoms with E-state index in [2.05, 4.69) is 63.0 Å². The fraction of sp³-hybridized carbons (Fsp3) is 0.684. The van der Waals surface area contributed by atoms with Gasteiger partial charge in [0.25, 0.3) is 0 Å². The fourth-order valence-electron chi connectivity index (χ4n) is 3.32. The lowest BCUT2D eigenvalue weighted by atomic mass is 9.99. The van der Waals surface area contributed by atoms with E-state index in [0.29, 0.717) is 6.04 Å². The number of likely N-dealkylation sites (tertiary alicyclic amines) is 1. The third kappa shape index (κ3) is 5.44. The maximum absolute atomic E-state index is 3.69. The maximum atomic E-state index is 3.69. The number of aryl methyl sites for hydroxylation is 2. The van der Waals surface area contributed by atoms with E-state index in [4.69, 9.17) is 0 Å². The number of hydrogen-bond donors (Lipinski definition) is 1. The number of piperidine rings is 1. The first-order chi connectivity index (χ1) is 9.83. The predicted octanol–water partition coefficient (Wildman–Crippen LogP) is 4.05. The molecular formula is C19H32N2. The first-order valence-electron chi connectivity index (χ1n) is 8.40. The predicted molar refractivity (Wildman–Crippen MR) is 91.7 cm³/mol. The zero-order valence-corrected chi connectivity index (χ0v) is 14.5. The van der Waals surface area contributed by atoms with Crippen LogP contribution in [0.2, 0.25) is 0 Å². The highest BCUT2D eigenvalue weighted by Gasteiger charge is 2.23.